The molecule has 4 nitrogen and oxygen atoms in total. The number of nitrogens with zero attached hydrogens (tertiary/aromatic N) is 1. The van der Waals surface area contributed by atoms with Gasteiger partial charge in [-0.3, -0.25) is 9.78 Å². The zero-order valence-corrected chi connectivity index (χ0v) is 13.7. The lowest BCUT2D eigenvalue weighted by Gasteiger charge is -2.46. The molecule has 23 heavy (non-hydrogen) atoms. The van der Waals surface area contributed by atoms with Crippen LogP contribution in [0.15, 0.2) is 24.4 Å². The summed E-state index contributed by atoms with van der Waals surface area (Å²) in [6.45, 7) is 2.56. The number of rotatable bonds is 3. The normalized spacial score (nSPS) is 39.4. The number of aromatic nitrogens is 1. The first-order valence-electron chi connectivity index (χ1n) is 8.96. The molecule has 3 aliphatic rings. The quantitative estimate of drug-likeness (QED) is 0.803. The van der Waals surface area contributed by atoms with E-state index in [4.69, 9.17) is 9.47 Å². The average molecular weight is 315 g/mol. The Morgan fingerprint density at radius 1 is 1.30 bits per heavy atom. The largest absolute Gasteiger partial charge is 0.462 e. The van der Waals surface area contributed by atoms with Crippen LogP contribution in [0.1, 0.15) is 44.7 Å². The first-order valence-corrected chi connectivity index (χ1v) is 8.96. The lowest BCUT2D eigenvalue weighted by atomic mass is 9.61. The van der Waals surface area contributed by atoms with E-state index in [0.717, 1.165) is 12.1 Å². The number of pyridine rings is 1. The Kier molecular flexibility index (Phi) is 4.10. The minimum Gasteiger partial charge on any atom is -0.462 e. The highest BCUT2D eigenvalue weighted by Crippen LogP contribution is 2.51. The summed E-state index contributed by atoms with van der Waals surface area (Å²) in [6, 6.07) is 5.91. The highest BCUT2D eigenvalue weighted by Gasteiger charge is 2.55. The summed E-state index contributed by atoms with van der Waals surface area (Å²) in [7, 11) is 0. The van der Waals surface area contributed by atoms with Crippen LogP contribution in [0.5, 0.6) is 0 Å². The molecular weight excluding hydrogens is 290 g/mol. The maximum Gasteiger partial charge on any atom is 0.309 e. The predicted molar refractivity (Wildman–Crippen MR) is 85.4 cm³/mol. The Hall–Kier alpha value is -1.42. The van der Waals surface area contributed by atoms with E-state index >= 15 is 0 Å². The van der Waals surface area contributed by atoms with Gasteiger partial charge in [0.25, 0.3) is 0 Å². The highest BCUT2D eigenvalue weighted by molar-refractivity contribution is 5.75. The van der Waals surface area contributed by atoms with Gasteiger partial charge in [0, 0.05) is 12.1 Å². The van der Waals surface area contributed by atoms with Crippen LogP contribution in [-0.4, -0.2) is 23.2 Å². The fraction of sp³-hybridized carbons (Fsp3) is 0.684. The fourth-order valence-corrected chi connectivity index (χ4v) is 5.06. The van der Waals surface area contributed by atoms with Gasteiger partial charge in [0.1, 0.15) is 6.10 Å². The van der Waals surface area contributed by atoms with Gasteiger partial charge in [-0.15, -0.1) is 0 Å². The Labute approximate surface area is 137 Å². The molecule has 2 saturated carbocycles. The van der Waals surface area contributed by atoms with Gasteiger partial charge in [-0.2, -0.15) is 0 Å². The van der Waals surface area contributed by atoms with Crippen molar-refractivity contribution >= 4 is 5.97 Å². The summed E-state index contributed by atoms with van der Waals surface area (Å²) < 4.78 is 11.9. The van der Waals surface area contributed by atoms with Crippen LogP contribution in [0.2, 0.25) is 0 Å². The van der Waals surface area contributed by atoms with Gasteiger partial charge in [-0.1, -0.05) is 25.3 Å². The summed E-state index contributed by atoms with van der Waals surface area (Å²) in [6.07, 6.45) is 7.94. The molecule has 4 rings (SSSR count). The van der Waals surface area contributed by atoms with E-state index in [-0.39, 0.29) is 30.0 Å². The third-order valence-corrected chi connectivity index (χ3v) is 6.09. The molecule has 0 bridgehead atoms. The molecule has 0 amide bonds. The van der Waals surface area contributed by atoms with E-state index in [0.29, 0.717) is 18.4 Å². The molecule has 2 heterocycles. The van der Waals surface area contributed by atoms with Gasteiger partial charge in [0.2, 0.25) is 0 Å². The predicted octanol–water partition coefficient (Wildman–Crippen LogP) is 3.35. The van der Waals surface area contributed by atoms with Crippen LogP contribution in [-0.2, 0) is 20.9 Å². The van der Waals surface area contributed by atoms with Crippen LogP contribution in [0.4, 0.5) is 0 Å². The van der Waals surface area contributed by atoms with Gasteiger partial charge >= 0.3 is 5.97 Å². The molecule has 1 aromatic heterocycles. The lowest BCUT2D eigenvalue weighted by molar-refractivity contribution is -0.145. The minimum absolute atomic E-state index is 0.00189. The number of fused-ring (bicyclic) bond motifs is 2. The van der Waals surface area contributed by atoms with Crippen molar-refractivity contribution in [3.63, 3.8) is 0 Å². The molecule has 3 fully saturated rings. The number of hydrogen-bond donors (Lipinski definition) is 0. The summed E-state index contributed by atoms with van der Waals surface area (Å²) in [4.78, 5) is 16.6. The second-order valence-electron chi connectivity index (χ2n) is 7.37. The number of carbonyl (C=O) groups excluding carboxylic acids is 1. The Morgan fingerprint density at radius 3 is 3.00 bits per heavy atom. The Balaban J connectivity index is 1.56. The first-order chi connectivity index (χ1) is 11.2. The van der Waals surface area contributed by atoms with E-state index in [9.17, 15) is 4.79 Å². The Morgan fingerprint density at radius 2 is 2.17 bits per heavy atom. The number of hydrogen-bond acceptors (Lipinski definition) is 4. The van der Waals surface area contributed by atoms with E-state index in [1.807, 2.05) is 25.1 Å². The smallest absolute Gasteiger partial charge is 0.309 e. The average Bonchev–Trinajstić information content (AvgIpc) is 2.87. The van der Waals surface area contributed by atoms with Crippen molar-refractivity contribution in [3.05, 3.63) is 30.1 Å². The number of cyclic esters (lactones) is 1. The van der Waals surface area contributed by atoms with E-state index in [1.54, 1.807) is 6.20 Å². The van der Waals surface area contributed by atoms with Gasteiger partial charge in [0.05, 0.1) is 24.3 Å². The van der Waals surface area contributed by atoms with E-state index < -0.39 is 0 Å². The van der Waals surface area contributed by atoms with Crippen molar-refractivity contribution in [2.75, 3.05) is 0 Å². The second-order valence-corrected chi connectivity index (χ2v) is 7.37. The maximum absolute atomic E-state index is 12.2. The molecule has 1 saturated heterocycles. The fourth-order valence-electron chi connectivity index (χ4n) is 5.06. The molecule has 124 valence electrons. The molecule has 6 atom stereocenters. The molecule has 1 aromatic rings. The third kappa shape index (κ3) is 2.78. The van der Waals surface area contributed by atoms with Crippen molar-refractivity contribution in [3.8, 4) is 0 Å². The van der Waals surface area contributed by atoms with Gasteiger partial charge in [-0.25, -0.2) is 0 Å². The number of carbonyl (C=O) groups is 1. The number of esters is 1. The maximum atomic E-state index is 12.2. The molecule has 0 spiro atoms. The molecule has 0 unspecified atom stereocenters. The van der Waals surface area contributed by atoms with Crippen LogP contribution in [0.3, 0.4) is 0 Å². The van der Waals surface area contributed by atoms with Crippen molar-refractivity contribution in [1.82, 2.24) is 4.98 Å². The van der Waals surface area contributed by atoms with Crippen molar-refractivity contribution in [2.45, 2.75) is 57.8 Å². The highest BCUT2D eigenvalue weighted by atomic mass is 16.6. The molecule has 0 N–H and O–H groups in total. The summed E-state index contributed by atoms with van der Waals surface area (Å²) in [5.74, 6) is 1.45. The summed E-state index contributed by atoms with van der Waals surface area (Å²) in [5.41, 5.74) is 0.958. The minimum atomic E-state index is -0.0240. The molecule has 0 aromatic carbocycles. The zero-order valence-electron chi connectivity index (χ0n) is 13.7. The van der Waals surface area contributed by atoms with Gasteiger partial charge < -0.3 is 9.47 Å². The topological polar surface area (TPSA) is 48.4 Å². The van der Waals surface area contributed by atoms with E-state index in [2.05, 4.69) is 4.98 Å². The van der Waals surface area contributed by atoms with Crippen molar-refractivity contribution < 1.29 is 14.3 Å². The lowest BCUT2D eigenvalue weighted by Crippen LogP contribution is -2.48. The van der Waals surface area contributed by atoms with Crippen LogP contribution in [0, 0.1) is 23.7 Å². The van der Waals surface area contributed by atoms with Crippen molar-refractivity contribution in [1.29, 1.82) is 0 Å². The molecule has 0 radical (unpaired) electrons. The summed E-state index contributed by atoms with van der Waals surface area (Å²) in [5, 5.41) is 0. The monoisotopic (exact) mass is 315 g/mol. The second kappa shape index (κ2) is 6.23. The standard InChI is InChI=1S/C19H25NO3/c1-12-17-16(19(21)23-12)10-13-6-2-3-8-15(13)18(17)22-11-14-7-4-5-9-20-14/h4-5,7,9,12-13,15-18H,2-3,6,8,10-11H2,1H3/t12-,13+,15-,16-,17+,18+/m0/s1. The van der Waals surface area contributed by atoms with Gasteiger partial charge in [-0.05, 0) is 43.7 Å². The van der Waals surface area contributed by atoms with Gasteiger partial charge in [0.15, 0.2) is 0 Å². The van der Waals surface area contributed by atoms with Crippen LogP contribution < -0.4 is 0 Å². The molecule has 2 aliphatic carbocycles. The van der Waals surface area contributed by atoms with Crippen LogP contribution >= 0.6 is 0 Å². The Bertz CT molecular complexity index is 561. The zero-order chi connectivity index (χ0) is 15.8. The first kappa shape index (κ1) is 15.1. The van der Waals surface area contributed by atoms with Crippen molar-refractivity contribution in [2.24, 2.45) is 23.7 Å². The van der Waals surface area contributed by atoms with E-state index in [1.165, 1.54) is 25.7 Å². The SMILES string of the molecule is C[C@@H]1OC(=O)[C@H]2C[C@H]3CCCC[C@@H]3[C@@H](OCc3ccccn3)[C@H]12. The molecular formula is C19H25NO3. The number of ether oxygens (including phenoxy) is 2. The van der Waals surface area contributed by atoms with Crippen LogP contribution in [0.25, 0.3) is 0 Å². The molecule has 1 aliphatic heterocycles. The molecule has 4 heteroatoms. The summed E-state index contributed by atoms with van der Waals surface area (Å²) >= 11 is 0. The third-order valence-electron chi connectivity index (χ3n) is 6.09.